The van der Waals surface area contributed by atoms with Crippen molar-refractivity contribution in [1.82, 2.24) is 0 Å². The van der Waals surface area contributed by atoms with Crippen LogP contribution in [0.4, 0.5) is 0 Å². The first-order chi connectivity index (χ1) is 9.88. The lowest BCUT2D eigenvalue weighted by Gasteiger charge is -2.13. The van der Waals surface area contributed by atoms with E-state index < -0.39 is 5.97 Å². The van der Waals surface area contributed by atoms with Crippen LogP contribution >= 0.6 is 11.6 Å². The van der Waals surface area contributed by atoms with Crippen molar-refractivity contribution >= 4 is 17.6 Å². The normalized spacial score (nSPS) is 10.7. The SMILES string of the molecule is Cc1ccc(C(C)C)cc1Oc1ccc(C(=O)O)cc1Cl. The van der Waals surface area contributed by atoms with Crippen molar-refractivity contribution < 1.29 is 14.6 Å². The van der Waals surface area contributed by atoms with E-state index in [1.54, 1.807) is 6.07 Å². The van der Waals surface area contributed by atoms with Gasteiger partial charge in [-0.1, -0.05) is 37.6 Å². The van der Waals surface area contributed by atoms with Crippen LogP contribution in [-0.4, -0.2) is 11.1 Å². The van der Waals surface area contributed by atoms with E-state index in [0.29, 0.717) is 11.7 Å². The Bertz CT molecular complexity index is 678. The van der Waals surface area contributed by atoms with Crippen LogP contribution in [0.5, 0.6) is 11.5 Å². The maximum atomic E-state index is 10.9. The number of hydrogen-bond acceptors (Lipinski definition) is 2. The van der Waals surface area contributed by atoms with Crippen LogP contribution in [0.2, 0.25) is 5.02 Å². The largest absolute Gasteiger partial charge is 0.478 e. The minimum Gasteiger partial charge on any atom is -0.478 e. The van der Waals surface area contributed by atoms with Crippen LogP contribution in [0, 0.1) is 6.92 Å². The number of carboxylic acid groups (broad SMARTS) is 1. The fourth-order valence-electron chi connectivity index (χ4n) is 1.92. The molecule has 2 rings (SSSR count). The Kier molecular flexibility index (Phi) is 4.53. The van der Waals surface area contributed by atoms with Gasteiger partial charge in [0.2, 0.25) is 0 Å². The van der Waals surface area contributed by atoms with Gasteiger partial charge in [0.1, 0.15) is 11.5 Å². The molecule has 0 saturated heterocycles. The number of benzene rings is 2. The summed E-state index contributed by atoms with van der Waals surface area (Å²) in [5.41, 5.74) is 2.31. The van der Waals surface area contributed by atoms with Crippen LogP contribution in [0.25, 0.3) is 0 Å². The molecule has 0 atom stereocenters. The average Bonchev–Trinajstić information content (AvgIpc) is 2.42. The third kappa shape index (κ3) is 3.56. The maximum absolute atomic E-state index is 10.9. The van der Waals surface area contributed by atoms with E-state index in [4.69, 9.17) is 21.4 Å². The van der Waals surface area contributed by atoms with Crippen molar-refractivity contribution in [3.63, 3.8) is 0 Å². The zero-order chi connectivity index (χ0) is 15.6. The minimum atomic E-state index is -1.01. The number of aromatic carboxylic acids is 1. The van der Waals surface area contributed by atoms with Crippen LogP contribution in [0.1, 0.15) is 41.3 Å². The number of ether oxygens (including phenoxy) is 1. The van der Waals surface area contributed by atoms with Crippen LogP contribution < -0.4 is 4.74 Å². The first-order valence-corrected chi connectivity index (χ1v) is 7.07. The third-order valence-corrected chi connectivity index (χ3v) is 3.57. The average molecular weight is 305 g/mol. The summed E-state index contributed by atoms with van der Waals surface area (Å²) < 4.78 is 5.84. The second-order valence-electron chi connectivity index (χ2n) is 5.23. The molecule has 21 heavy (non-hydrogen) atoms. The van der Waals surface area contributed by atoms with Gasteiger partial charge in [0.25, 0.3) is 0 Å². The summed E-state index contributed by atoms with van der Waals surface area (Å²) in [6.07, 6.45) is 0. The summed E-state index contributed by atoms with van der Waals surface area (Å²) in [4.78, 5) is 10.9. The molecule has 2 aromatic rings. The van der Waals surface area contributed by atoms with E-state index in [0.717, 1.165) is 11.3 Å². The predicted octanol–water partition coefficient (Wildman–Crippen LogP) is 5.26. The van der Waals surface area contributed by atoms with Crippen molar-refractivity contribution in [2.24, 2.45) is 0 Å². The van der Waals surface area contributed by atoms with Crippen LogP contribution in [0.15, 0.2) is 36.4 Å². The second-order valence-corrected chi connectivity index (χ2v) is 5.64. The van der Waals surface area contributed by atoms with Gasteiger partial charge in [0.15, 0.2) is 0 Å². The molecule has 0 unspecified atom stereocenters. The van der Waals surface area contributed by atoms with Gasteiger partial charge in [-0.3, -0.25) is 0 Å². The summed E-state index contributed by atoms with van der Waals surface area (Å²) in [6, 6.07) is 10.5. The molecule has 110 valence electrons. The molecule has 0 aromatic heterocycles. The first-order valence-electron chi connectivity index (χ1n) is 6.69. The lowest BCUT2D eigenvalue weighted by molar-refractivity contribution is 0.0697. The molecule has 2 aromatic carbocycles. The van der Waals surface area contributed by atoms with Crippen molar-refractivity contribution in [2.75, 3.05) is 0 Å². The van der Waals surface area contributed by atoms with Crippen LogP contribution in [-0.2, 0) is 0 Å². The highest BCUT2D eigenvalue weighted by molar-refractivity contribution is 6.32. The topological polar surface area (TPSA) is 46.5 Å². The van der Waals surface area contributed by atoms with Gasteiger partial charge in [-0.25, -0.2) is 4.79 Å². The standard InChI is InChI=1S/C17H17ClO3/c1-10(2)12-5-4-11(3)16(9-12)21-15-7-6-13(17(19)20)8-14(15)18/h4-10H,1-3H3,(H,19,20). The molecule has 3 nitrogen and oxygen atoms in total. The van der Waals surface area contributed by atoms with E-state index in [9.17, 15) is 4.79 Å². The number of carbonyl (C=O) groups is 1. The van der Waals surface area contributed by atoms with E-state index in [2.05, 4.69) is 19.9 Å². The Balaban J connectivity index is 2.34. The zero-order valence-corrected chi connectivity index (χ0v) is 12.9. The Labute approximate surface area is 129 Å². The first kappa shape index (κ1) is 15.4. The molecular formula is C17H17ClO3. The van der Waals surface area contributed by atoms with E-state index in [1.165, 1.54) is 17.7 Å². The number of hydrogen-bond donors (Lipinski definition) is 1. The van der Waals surface area contributed by atoms with Gasteiger partial charge in [-0.05, 0) is 48.2 Å². The molecule has 0 saturated carbocycles. The molecule has 0 aliphatic carbocycles. The smallest absolute Gasteiger partial charge is 0.335 e. The van der Waals surface area contributed by atoms with Gasteiger partial charge in [-0.15, -0.1) is 0 Å². The summed E-state index contributed by atoms with van der Waals surface area (Å²) in [5.74, 6) is 0.566. The van der Waals surface area contributed by atoms with Crippen molar-refractivity contribution in [3.05, 3.63) is 58.1 Å². The Morgan fingerprint density at radius 2 is 1.86 bits per heavy atom. The summed E-state index contributed by atoms with van der Waals surface area (Å²) in [6.45, 7) is 6.19. The number of rotatable bonds is 4. The van der Waals surface area contributed by atoms with Gasteiger partial charge < -0.3 is 9.84 Å². The van der Waals surface area contributed by atoms with Crippen LogP contribution in [0.3, 0.4) is 0 Å². The molecule has 0 bridgehead atoms. The Morgan fingerprint density at radius 1 is 1.14 bits per heavy atom. The lowest BCUT2D eigenvalue weighted by Crippen LogP contribution is -1.97. The van der Waals surface area contributed by atoms with E-state index in [-0.39, 0.29) is 10.6 Å². The molecule has 4 heteroatoms. The third-order valence-electron chi connectivity index (χ3n) is 3.28. The summed E-state index contributed by atoms with van der Waals surface area (Å²) in [5, 5.41) is 9.21. The van der Waals surface area contributed by atoms with E-state index >= 15 is 0 Å². The molecule has 0 fully saturated rings. The highest BCUT2D eigenvalue weighted by atomic mass is 35.5. The molecule has 0 heterocycles. The van der Waals surface area contributed by atoms with Crippen molar-refractivity contribution in [3.8, 4) is 11.5 Å². The molecule has 0 spiro atoms. The highest BCUT2D eigenvalue weighted by Crippen LogP contribution is 2.33. The van der Waals surface area contributed by atoms with Crippen molar-refractivity contribution in [2.45, 2.75) is 26.7 Å². The monoisotopic (exact) mass is 304 g/mol. The van der Waals surface area contributed by atoms with Gasteiger partial charge in [0, 0.05) is 0 Å². The highest BCUT2D eigenvalue weighted by Gasteiger charge is 2.11. The summed E-state index contributed by atoms with van der Waals surface area (Å²) >= 11 is 6.09. The van der Waals surface area contributed by atoms with Gasteiger partial charge >= 0.3 is 5.97 Å². The molecule has 0 aliphatic heterocycles. The lowest BCUT2D eigenvalue weighted by atomic mass is 10.0. The second kappa shape index (κ2) is 6.19. The van der Waals surface area contributed by atoms with Gasteiger partial charge in [0.05, 0.1) is 10.6 Å². The number of halogens is 1. The van der Waals surface area contributed by atoms with E-state index in [1.807, 2.05) is 19.1 Å². The fraction of sp³-hybridized carbons (Fsp3) is 0.235. The number of carboxylic acids is 1. The molecule has 0 amide bonds. The predicted molar refractivity (Wildman–Crippen MR) is 83.8 cm³/mol. The Morgan fingerprint density at radius 3 is 2.43 bits per heavy atom. The maximum Gasteiger partial charge on any atom is 0.335 e. The zero-order valence-electron chi connectivity index (χ0n) is 12.2. The molecule has 0 aliphatic rings. The number of aryl methyl sites for hydroxylation is 1. The minimum absolute atomic E-state index is 0.139. The fourth-order valence-corrected chi connectivity index (χ4v) is 2.14. The van der Waals surface area contributed by atoms with Gasteiger partial charge in [-0.2, -0.15) is 0 Å². The molecule has 0 radical (unpaired) electrons. The van der Waals surface area contributed by atoms with Crippen molar-refractivity contribution in [1.29, 1.82) is 0 Å². The quantitative estimate of drug-likeness (QED) is 0.837. The Hall–Kier alpha value is -2.00. The summed E-state index contributed by atoms with van der Waals surface area (Å²) in [7, 11) is 0. The molecule has 1 N–H and O–H groups in total. The molecular weight excluding hydrogens is 288 g/mol.